The predicted molar refractivity (Wildman–Crippen MR) is 135 cm³/mol. The van der Waals surface area contributed by atoms with Gasteiger partial charge in [-0.3, -0.25) is 0 Å². The van der Waals surface area contributed by atoms with Gasteiger partial charge in [-0.15, -0.1) is 0 Å². The first-order valence-corrected chi connectivity index (χ1v) is 12.6. The topological polar surface area (TPSA) is 38.0 Å². The molecule has 0 amide bonds. The van der Waals surface area contributed by atoms with Crippen molar-refractivity contribution < 1.29 is 0 Å². The van der Waals surface area contributed by atoms with Gasteiger partial charge in [0.05, 0.1) is 6.04 Å². The second kappa shape index (κ2) is 11.3. The van der Waals surface area contributed by atoms with Crippen LogP contribution in [0.4, 0.5) is 0 Å². The number of unbranched alkanes of at least 4 members (excludes halogenated alkanes) is 2. The molecule has 3 N–H and O–H groups in total. The number of aryl methyl sites for hydroxylation is 1. The summed E-state index contributed by atoms with van der Waals surface area (Å²) in [5, 5.41) is 3.53. The maximum absolute atomic E-state index is 6.71. The van der Waals surface area contributed by atoms with Gasteiger partial charge in [-0.25, -0.2) is 0 Å². The molecule has 1 saturated heterocycles. The fourth-order valence-corrected chi connectivity index (χ4v) is 5.43. The Labute approximate surface area is 191 Å². The van der Waals surface area contributed by atoms with Gasteiger partial charge in [0, 0.05) is 0 Å². The number of nitrogens with one attached hydrogen (secondary N) is 1. The van der Waals surface area contributed by atoms with Crippen molar-refractivity contribution >= 4 is 0 Å². The van der Waals surface area contributed by atoms with Crippen molar-refractivity contribution in [3.05, 3.63) is 70.3 Å². The van der Waals surface area contributed by atoms with E-state index in [0.717, 1.165) is 0 Å². The number of allylic oxidation sites excluding steroid dienone is 4. The summed E-state index contributed by atoms with van der Waals surface area (Å²) >= 11 is 0. The molecule has 0 bridgehead atoms. The van der Waals surface area contributed by atoms with Crippen LogP contribution in [0.15, 0.2) is 59.2 Å². The van der Waals surface area contributed by atoms with Crippen molar-refractivity contribution in [2.45, 2.75) is 85.1 Å². The first-order valence-electron chi connectivity index (χ1n) is 12.6. The van der Waals surface area contributed by atoms with Crippen molar-refractivity contribution in [2.24, 2.45) is 17.1 Å². The standard InChI is InChI=1S/C29H44N2/c1-5-29(16-18-31-19-17-29)15-8-6-7-11-25-14-13-23(3)27(21-24(25)4)28(30)26-12-9-10-22(2)20-26/h9-10,12-14,20-21,24,28,31H,5-8,11,15-19,30H2,1-4H3. The second-order valence-corrected chi connectivity index (χ2v) is 10.1. The normalized spacial score (nSPS) is 22.2. The quantitative estimate of drug-likeness (QED) is 0.415. The van der Waals surface area contributed by atoms with Crippen LogP contribution in [0, 0.1) is 18.3 Å². The highest BCUT2D eigenvalue weighted by molar-refractivity contribution is 5.45. The summed E-state index contributed by atoms with van der Waals surface area (Å²) in [6, 6.07) is 8.56. The highest BCUT2D eigenvalue weighted by Gasteiger charge is 2.29. The van der Waals surface area contributed by atoms with Crippen molar-refractivity contribution in [3.63, 3.8) is 0 Å². The zero-order chi connectivity index (χ0) is 22.3. The van der Waals surface area contributed by atoms with E-state index in [-0.39, 0.29) is 6.04 Å². The number of hydrogen-bond acceptors (Lipinski definition) is 2. The third kappa shape index (κ3) is 6.43. The van der Waals surface area contributed by atoms with Gasteiger partial charge in [-0.2, -0.15) is 0 Å². The molecule has 2 heteroatoms. The summed E-state index contributed by atoms with van der Waals surface area (Å²) in [4.78, 5) is 0. The van der Waals surface area contributed by atoms with Crippen LogP contribution >= 0.6 is 0 Å². The molecule has 0 radical (unpaired) electrons. The number of benzene rings is 1. The zero-order valence-corrected chi connectivity index (χ0v) is 20.3. The van der Waals surface area contributed by atoms with Crippen LogP contribution in [0.2, 0.25) is 0 Å². The maximum atomic E-state index is 6.71. The molecular weight excluding hydrogens is 376 g/mol. The lowest BCUT2D eigenvalue weighted by atomic mass is 9.73. The SMILES string of the molecule is CCC1(CCCCCC2=CC=C(C)C(C(N)c3cccc(C)c3)=CC2C)CCNCC1. The Bertz CT molecular complexity index is 808. The Morgan fingerprint density at radius 3 is 2.58 bits per heavy atom. The summed E-state index contributed by atoms with van der Waals surface area (Å²) in [5.41, 5.74) is 13.9. The van der Waals surface area contributed by atoms with Gasteiger partial charge in [0.15, 0.2) is 0 Å². The largest absolute Gasteiger partial charge is 0.320 e. The molecule has 2 atom stereocenters. The average Bonchev–Trinajstić information content (AvgIpc) is 2.92. The number of nitrogens with two attached hydrogens (primary N) is 1. The van der Waals surface area contributed by atoms with E-state index in [1.165, 1.54) is 86.7 Å². The molecule has 1 fully saturated rings. The van der Waals surface area contributed by atoms with E-state index in [0.29, 0.717) is 11.3 Å². The minimum Gasteiger partial charge on any atom is -0.320 e. The maximum Gasteiger partial charge on any atom is 0.0551 e. The van der Waals surface area contributed by atoms with Gasteiger partial charge >= 0.3 is 0 Å². The predicted octanol–water partition coefficient (Wildman–Crippen LogP) is 7.17. The Morgan fingerprint density at radius 1 is 1.10 bits per heavy atom. The molecule has 0 spiro atoms. The van der Waals surface area contributed by atoms with Crippen LogP contribution < -0.4 is 11.1 Å². The minimum atomic E-state index is -0.0541. The minimum absolute atomic E-state index is 0.0541. The van der Waals surface area contributed by atoms with Crippen LogP contribution in [-0.4, -0.2) is 13.1 Å². The highest BCUT2D eigenvalue weighted by Crippen LogP contribution is 2.38. The van der Waals surface area contributed by atoms with E-state index in [4.69, 9.17) is 5.73 Å². The van der Waals surface area contributed by atoms with Gasteiger partial charge in [0.25, 0.3) is 0 Å². The van der Waals surface area contributed by atoms with Gasteiger partial charge in [-0.1, -0.05) is 86.7 Å². The third-order valence-corrected chi connectivity index (χ3v) is 7.84. The van der Waals surface area contributed by atoms with Gasteiger partial charge in [-0.05, 0) is 87.1 Å². The van der Waals surface area contributed by atoms with Crippen LogP contribution in [0.1, 0.15) is 89.3 Å². The first kappa shape index (κ1) is 24.0. The fourth-order valence-electron chi connectivity index (χ4n) is 5.43. The lowest BCUT2D eigenvalue weighted by Crippen LogP contribution is -2.36. The fraction of sp³-hybridized carbons (Fsp3) is 0.586. The number of hydrogen-bond donors (Lipinski definition) is 2. The van der Waals surface area contributed by atoms with Gasteiger partial charge < -0.3 is 11.1 Å². The van der Waals surface area contributed by atoms with Crippen LogP contribution in [0.3, 0.4) is 0 Å². The molecule has 31 heavy (non-hydrogen) atoms. The summed E-state index contributed by atoms with van der Waals surface area (Å²) in [7, 11) is 0. The molecule has 1 heterocycles. The van der Waals surface area contributed by atoms with Gasteiger partial charge in [0.1, 0.15) is 0 Å². The molecule has 0 aromatic heterocycles. The van der Waals surface area contributed by atoms with E-state index in [1.54, 1.807) is 5.57 Å². The molecule has 3 rings (SSSR count). The summed E-state index contributed by atoms with van der Waals surface area (Å²) in [5.74, 6) is 0.450. The Kier molecular flexibility index (Phi) is 8.75. The number of piperidine rings is 1. The zero-order valence-electron chi connectivity index (χ0n) is 20.3. The van der Waals surface area contributed by atoms with E-state index < -0.39 is 0 Å². The van der Waals surface area contributed by atoms with Crippen molar-refractivity contribution in [3.8, 4) is 0 Å². The van der Waals surface area contributed by atoms with Crippen molar-refractivity contribution in [1.29, 1.82) is 0 Å². The molecule has 1 aliphatic heterocycles. The van der Waals surface area contributed by atoms with Crippen LogP contribution in [-0.2, 0) is 0 Å². The van der Waals surface area contributed by atoms with Crippen LogP contribution in [0.25, 0.3) is 0 Å². The smallest absolute Gasteiger partial charge is 0.0551 e. The van der Waals surface area contributed by atoms with Crippen LogP contribution in [0.5, 0.6) is 0 Å². The molecule has 2 unspecified atom stereocenters. The Morgan fingerprint density at radius 2 is 1.87 bits per heavy atom. The molecule has 1 aromatic carbocycles. The third-order valence-electron chi connectivity index (χ3n) is 7.84. The summed E-state index contributed by atoms with van der Waals surface area (Å²) in [6.45, 7) is 11.5. The monoisotopic (exact) mass is 420 g/mol. The second-order valence-electron chi connectivity index (χ2n) is 10.1. The Balaban J connectivity index is 1.54. The molecule has 0 saturated carbocycles. The lowest BCUT2D eigenvalue weighted by molar-refractivity contribution is 0.170. The van der Waals surface area contributed by atoms with Crippen molar-refractivity contribution in [1.82, 2.24) is 5.32 Å². The molecular formula is C29H44N2. The lowest BCUT2D eigenvalue weighted by Gasteiger charge is -2.37. The Hall–Kier alpha value is -1.64. The molecule has 1 aromatic rings. The summed E-state index contributed by atoms with van der Waals surface area (Å²) < 4.78 is 0. The van der Waals surface area contributed by atoms with E-state index in [1.807, 2.05) is 0 Å². The summed E-state index contributed by atoms with van der Waals surface area (Å²) in [6.07, 6.45) is 17.8. The average molecular weight is 421 g/mol. The molecule has 2 nitrogen and oxygen atoms in total. The molecule has 1 aliphatic carbocycles. The highest BCUT2D eigenvalue weighted by atomic mass is 14.9. The first-order chi connectivity index (χ1) is 14.9. The number of rotatable bonds is 9. The van der Waals surface area contributed by atoms with Gasteiger partial charge in [0.2, 0.25) is 0 Å². The molecule has 2 aliphatic rings. The van der Waals surface area contributed by atoms with E-state index in [9.17, 15) is 0 Å². The molecule has 170 valence electrons. The van der Waals surface area contributed by atoms with Crippen molar-refractivity contribution in [2.75, 3.05) is 13.1 Å². The van der Waals surface area contributed by atoms with E-state index >= 15 is 0 Å². The van der Waals surface area contributed by atoms with E-state index in [2.05, 4.69) is 75.5 Å².